The Hall–Kier alpha value is -7.26. The Bertz CT molecular complexity index is 2570. The number of hydrogen-bond donors (Lipinski definition) is 8. The van der Waals surface area contributed by atoms with Crippen molar-refractivity contribution in [1.29, 1.82) is 0 Å². The van der Waals surface area contributed by atoms with E-state index in [1.807, 2.05) is 0 Å². The van der Waals surface area contributed by atoms with Gasteiger partial charge in [-0.25, -0.2) is 24.0 Å². The fraction of sp³-hybridized carbons (Fsp3) is 0.478. The summed E-state index contributed by atoms with van der Waals surface area (Å²) < 4.78 is -2.78. The minimum Gasteiger partial charge on any atom is -0.480 e. The molecule has 0 saturated carbocycles. The third-order valence-corrected chi connectivity index (χ3v) is 15.8. The number of carboxylic acids is 3. The molecule has 392 valence electrons. The Balaban J connectivity index is 1.26. The summed E-state index contributed by atoms with van der Waals surface area (Å²) in [5.74, 6) is -12.3. The van der Waals surface area contributed by atoms with Crippen LogP contribution in [-0.2, 0) is 47.9 Å². The molecular formula is C46H56N10O15S2. The average Bonchev–Trinajstić information content (AvgIpc) is 3.82. The molecule has 0 aliphatic carbocycles. The highest BCUT2D eigenvalue weighted by Crippen LogP contribution is 2.48. The van der Waals surface area contributed by atoms with Crippen LogP contribution in [0.15, 0.2) is 60.7 Å². The van der Waals surface area contributed by atoms with E-state index < -0.39 is 128 Å². The first-order valence-electron chi connectivity index (χ1n) is 23.0. The quantitative estimate of drug-likeness (QED) is 0.0969. The molecule has 0 bridgehead atoms. The lowest BCUT2D eigenvalue weighted by Gasteiger charge is -2.37. The number of carbonyl (C=O) groups is 12. The largest absolute Gasteiger partial charge is 0.480 e. The molecule has 8 atom stereocenters. The van der Waals surface area contributed by atoms with Crippen LogP contribution in [0.25, 0.3) is 0 Å². The number of likely N-dealkylation sites (N-methyl/N-ethyl adjacent to an activating group) is 2. The van der Waals surface area contributed by atoms with Gasteiger partial charge in [0.1, 0.15) is 29.5 Å². The second kappa shape index (κ2) is 22.2. The van der Waals surface area contributed by atoms with E-state index in [9.17, 15) is 68.1 Å². The fourth-order valence-corrected chi connectivity index (χ4v) is 12.0. The summed E-state index contributed by atoms with van der Waals surface area (Å²) in [6.07, 6.45) is 0. The molecule has 4 aliphatic heterocycles. The van der Waals surface area contributed by atoms with Gasteiger partial charge < -0.3 is 51.3 Å². The number of hydrogen-bond acceptors (Lipinski definition) is 15. The van der Waals surface area contributed by atoms with Gasteiger partial charge in [-0.15, -0.1) is 23.5 Å². The van der Waals surface area contributed by atoms with Crippen molar-refractivity contribution in [2.75, 3.05) is 39.3 Å². The predicted molar refractivity (Wildman–Crippen MR) is 259 cm³/mol. The van der Waals surface area contributed by atoms with Crippen molar-refractivity contribution in [2.45, 2.75) is 98.0 Å². The number of piperazine rings is 2. The number of aliphatic carboxylic acids is 3. The van der Waals surface area contributed by atoms with Crippen LogP contribution in [0.5, 0.6) is 0 Å². The molecule has 8 N–H and O–H groups in total. The summed E-state index contributed by atoms with van der Waals surface area (Å²) in [6, 6.07) is 2.32. The van der Waals surface area contributed by atoms with E-state index in [1.54, 1.807) is 26.0 Å². The van der Waals surface area contributed by atoms with E-state index in [4.69, 9.17) is 0 Å². The lowest BCUT2D eigenvalue weighted by atomic mass is 9.96. The van der Waals surface area contributed by atoms with Gasteiger partial charge in [0.15, 0.2) is 12.1 Å². The molecule has 2 aromatic rings. The summed E-state index contributed by atoms with van der Waals surface area (Å²) in [5, 5.41) is 41.5. The van der Waals surface area contributed by atoms with Crippen molar-refractivity contribution in [3.63, 3.8) is 0 Å². The molecule has 73 heavy (non-hydrogen) atoms. The zero-order valence-corrected chi connectivity index (χ0v) is 42.1. The van der Waals surface area contributed by atoms with Crippen molar-refractivity contribution in [2.24, 2.45) is 0 Å². The molecule has 11 amide bonds. The van der Waals surface area contributed by atoms with Crippen molar-refractivity contribution < 1.29 is 72.9 Å². The zero-order valence-electron chi connectivity index (χ0n) is 40.4. The summed E-state index contributed by atoms with van der Waals surface area (Å²) in [4.78, 5) is 166. The lowest BCUT2D eigenvalue weighted by molar-refractivity contribution is -0.155. The Morgan fingerprint density at radius 1 is 0.603 bits per heavy atom. The first-order valence-corrected chi connectivity index (χ1v) is 24.8. The van der Waals surface area contributed by atoms with Gasteiger partial charge in [-0.2, -0.15) is 0 Å². The smallest absolute Gasteiger partial charge is 0.329 e. The number of rotatable bonds is 16. The molecule has 0 spiro atoms. The van der Waals surface area contributed by atoms with Gasteiger partial charge in [-0.3, -0.25) is 48.7 Å². The molecule has 4 fully saturated rings. The van der Waals surface area contributed by atoms with Crippen LogP contribution in [0.1, 0.15) is 64.8 Å². The number of benzene rings is 2. The first kappa shape index (κ1) is 55.1. The molecule has 1 unspecified atom stereocenters. The minimum absolute atomic E-state index is 0.0132. The number of carboxylic acid groups (broad SMARTS) is 3. The van der Waals surface area contributed by atoms with Gasteiger partial charge in [-0.05, 0) is 52.7 Å². The molecule has 4 heterocycles. The summed E-state index contributed by atoms with van der Waals surface area (Å²) in [6.45, 7) is 9.31. The van der Waals surface area contributed by atoms with Gasteiger partial charge in [0.25, 0.3) is 0 Å². The van der Waals surface area contributed by atoms with Crippen molar-refractivity contribution >= 4 is 94.8 Å². The molecule has 2 aromatic carbocycles. The second-order valence-electron chi connectivity index (χ2n) is 18.3. The first-order chi connectivity index (χ1) is 34.3. The highest BCUT2D eigenvalue weighted by Gasteiger charge is 2.61. The highest BCUT2D eigenvalue weighted by molar-refractivity contribution is 8.02. The average molecular weight is 1050 g/mol. The number of nitrogens with zero attached hydrogens (tertiary/aromatic N) is 5. The topological polar surface area (TPSA) is 342 Å². The SMILES string of the molecule is CCN1CCN(C(=O)N[C@@H](C(=O)N[C@H](C(=O)O)[C@@H]2NC(C(=O)N3[C@@H]([C@H](NC(=O)[C@H](NC(=O)N4CCN(CC)C(=O)C4=O)c4ccccc4)C(=O)O)SC(C)(C)[C@@H]3C(=O)O)C(C)(C)S2)c2ccccc2)C(=O)C1=O. The van der Waals surface area contributed by atoms with E-state index in [2.05, 4.69) is 26.6 Å². The Kier molecular flexibility index (Phi) is 16.8. The van der Waals surface area contributed by atoms with E-state index in [1.165, 1.54) is 86.0 Å². The maximum Gasteiger partial charge on any atom is 0.329 e. The van der Waals surface area contributed by atoms with E-state index in [0.717, 1.165) is 28.4 Å². The zero-order chi connectivity index (χ0) is 53.9. The van der Waals surface area contributed by atoms with Crippen LogP contribution in [0.2, 0.25) is 0 Å². The summed E-state index contributed by atoms with van der Waals surface area (Å²) >= 11 is 1.62. The number of amides is 11. The number of thioether (sulfide) groups is 2. The molecule has 27 heteroatoms. The highest BCUT2D eigenvalue weighted by atomic mass is 32.2. The molecule has 6 rings (SSSR count). The molecular weight excluding hydrogens is 997 g/mol. The van der Waals surface area contributed by atoms with E-state index in [-0.39, 0.29) is 50.4 Å². The van der Waals surface area contributed by atoms with E-state index >= 15 is 4.79 Å². The number of imide groups is 2. The Morgan fingerprint density at radius 3 is 1.42 bits per heavy atom. The van der Waals surface area contributed by atoms with Crippen molar-refractivity contribution in [3.05, 3.63) is 71.8 Å². The Morgan fingerprint density at radius 2 is 1.03 bits per heavy atom. The van der Waals surface area contributed by atoms with Crippen LogP contribution in [0.3, 0.4) is 0 Å². The molecule has 4 aliphatic rings. The third kappa shape index (κ3) is 11.5. The van der Waals surface area contributed by atoms with Crippen LogP contribution < -0.4 is 26.6 Å². The maximum absolute atomic E-state index is 15.1. The molecule has 0 aromatic heterocycles. The number of urea groups is 2. The number of carbonyl (C=O) groups excluding carboxylic acids is 9. The Labute approximate surface area is 426 Å². The normalized spacial score (nSPS) is 23.2. The predicted octanol–water partition coefficient (Wildman–Crippen LogP) is -0.649. The monoisotopic (exact) mass is 1050 g/mol. The van der Waals surface area contributed by atoms with Crippen molar-refractivity contribution in [1.82, 2.24) is 51.1 Å². The second-order valence-corrected chi connectivity index (χ2v) is 21.8. The van der Waals surface area contributed by atoms with Gasteiger partial charge in [0.2, 0.25) is 17.7 Å². The maximum atomic E-state index is 15.1. The summed E-state index contributed by atoms with van der Waals surface area (Å²) in [5.41, 5.74) is 0.284. The van der Waals surface area contributed by atoms with Crippen LogP contribution in [0, 0.1) is 0 Å². The summed E-state index contributed by atoms with van der Waals surface area (Å²) in [7, 11) is 0. The van der Waals surface area contributed by atoms with Crippen LogP contribution >= 0.6 is 23.5 Å². The van der Waals surface area contributed by atoms with Gasteiger partial charge in [-0.1, -0.05) is 60.7 Å². The van der Waals surface area contributed by atoms with Gasteiger partial charge in [0.05, 0.1) is 5.37 Å². The van der Waals surface area contributed by atoms with Gasteiger partial charge >= 0.3 is 53.6 Å². The third-order valence-electron chi connectivity index (χ3n) is 12.7. The standard InChI is InChI=1S/C46H56N10O15S2/c1-7-52-19-21-54(37(62)35(52)60)43(70)49-25(23-15-11-9-12-16-23)31(57)47-27(40(64)65)33-51-29(45(3,4)72-33)34(59)56-30(42(68)69)46(5,6)73-39(56)28(41(66)67)48-32(58)26(24-17-13-10-14-18-24)50-44(71)55-22-20-53(8-2)36(61)38(55)63/h9-18,25-30,33,39,51H,7-8,19-22H2,1-6H3,(H,47,57)(H,48,58)(H,49,70)(H,50,71)(H,64,65)(H,66,67)(H,68,69)/t25-,26-,27+,28+,29?,30+,33-,39-/m1/s1. The van der Waals surface area contributed by atoms with Crippen molar-refractivity contribution in [3.8, 4) is 0 Å². The van der Waals surface area contributed by atoms with E-state index in [0.29, 0.717) is 9.80 Å². The van der Waals surface area contributed by atoms with Crippen LogP contribution in [-0.4, -0.2) is 195 Å². The minimum atomic E-state index is -2.09. The molecule has 25 nitrogen and oxygen atoms in total. The fourth-order valence-electron chi connectivity index (χ4n) is 8.92. The van der Waals surface area contributed by atoms with Crippen LogP contribution in [0.4, 0.5) is 9.59 Å². The molecule has 4 saturated heterocycles. The lowest BCUT2D eigenvalue weighted by Crippen LogP contribution is -2.64. The number of nitrogens with one attached hydrogen (secondary N) is 5. The van der Waals surface area contributed by atoms with Gasteiger partial charge in [0, 0.05) is 48.8 Å². The molecule has 0 radical (unpaired) electrons.